The van der Waals surface area contributed by atoms with Crippen molar-refractivity contribution in [3.63, 3.8) is 0 Å². The van der Waals surface area contributed by atoms with Crippen molar-refractivity contribution in [2.75, 3.05) is 25.5 Å². The SMILES string of the molecule is COC(=O)c1sccc1NC(=O)C1CC2(CC2)CN1C(=O)C(CC1CCCC1)CN(O)C=O. The van der Waals surface area contributed by atoms with E-state index < -0.39 is 17.9 Å². The van der Waals surface area contributed by atoms with Gasteiger partial charge in [0.1, 0.15) is 10.9 Å². The van der Waals surface area contributed by atoms with Crippen molar-refractivity contribution in [3.8, 4) is 0 Å². The van der Waals surface area contributed by atoms with Crippen LogP contribution in [-0.4, -0.2) is 65.6 Å². The second-order valence-electron chi connectivity index (χ2n) is 9.64. The number of thiophene rings is 1. The Labute approximate surface area is 197 Å². The summed E-state index contributed by atoms with van der Waals surface area (Å²) in [6.45, 7) is 0.429. The molecule has 0 bridgehead atoms. The highest BCUT2D eigenvalue weighted by Gasteiger charge is 2.56. The molecule has 2 aliphatic carbocycles. The molecule has 10 heteroatoms. The van der Waals surface area contributed by atoms with Gasteiger partial charge in [-0.2, -0.15) is 0 Å². The molecule has 180 valence electrons. The van der Waals surface area contributed by atoms with Gasteiger partial charge in [0.15, 0.2) is 0 Å². The molecule has 1 aromatic rings. The van der Waals surface area contributed by atoms with Crippen LogP contribution in [0.5, 0.6) is 0 Å². The number of likely N-dealkylation sites (tertiary alicyclic amines) is 1. The van der Waals surface area contributed by atoms with E-state index in [-0.39, 0.29) is 23.8 Å². The number of nitrogens with zero attached hydrogens (tertiary/aromatic N) is 2. The zero-order valence-corrected chi connectivity index (χ0v) is 19.6. The maximum atomic E-state index is 13.7. The van der Waals surface area contributed by atoms with E-state index >= 15 is 0 Å². The molecule has 2 N–H and O–H groups in total. The summed E-state index contributed by atoms with van der Waals surface area (Å²) in [5.74, 6) is -1.21. The van der Waals surface area contributed by atoms with Gasteiger partial charge < -0.3 is 15.0 Å². The number of carbonyl (C=O) groups is 4. The summed E-state index contributed by atoms with van der Waals surface area (Å²) in [5.41, 5.74) is 0.352. The van der Waals surface area contributed by atoms with E-state index in [0.29, 0.717) is 47.3 Å². The highest BCUT2D eigenvalue weighted by Crippen LogP contribution is 2.55. The summed E-state index contributed by atoms with van der Waals surface area (Å²) in [6, 6.07) is 0.999. The summed E-state index contributed by atoms with van der Waals surface area (Å²) in [7, 11) is 1.29. The van der Waals surface area contributed by atoms with Gasteiger partial charge in [-0.15, -0.1) is 11.3 Å². The van der Waals surface area contributed by atoms with Crippen LogP contribution >= 0.6 is 11.3 Å². The third kappa shape index (κ3) is 5.22. The van der Waals surface area contributed by atoms with Crippen LogP contribution < -0.4 is 5.32 Å². The van der Waals surface area contributed by atoms with E-state index in [1.807, 2.05) is 0 Å². The highest BCUT2D eigenvalue weighted by molar-refractivity contribution is 7.12. The molecule has 33 heavy (non-hydrogen) atoms. The molecule has 3 amide bonds. The van der Waals surface area contributed by atoms with Crippen LogP contribution in [0.1, 0.15) is 61.0 Å². The fraction of sp³-hybridized carbons (Fsp3) is 0.652. The fourth-order valence-corrected chi connectivity index (χ4v) is 6.11. The van der Waals surface area contributed by atoms with Crippen molar-refractivity contribution >= 4 is 41.2 Å². The number of hydrogen-bond donors (Lipinski definition) is 2. The third-order valence-corrected chi connectivity index (χ3v) is 8.21. The minimum absolute atomic E-state index is 0.0288. The number of hydrogen-bond acceptors (Lipinski definition) is 7. The molecule has 3 fully saturated rings. The Bertz CT molecular complexity index is 908. The predicted molar refractivity (Wildman–Crippen MR) is 121 cm³/mol. The van der Waals surface area contributed by atoms with E-state index in [1.165, 1.54) is 18.4 Å². The maximum absolute atomic E-state index is 13.7. The first kappa shape index (κ1) is 23.7. The van der Waals surface area contributed by atoms with Crippen LogP contribution in [0.15, 0.2) is 11.4 Å². The molecule has 4 rings (SSSR count). The summed E-state index contributed by atoms with van der Waals surface area (Å²) >= 11 is 1.18. The van der Waals surface area contributed by atoms with Crippen LogP contribution in [0.3, 0.4) is 0 Å². The van der Waals surface area contributed by atoms with Gasteiger partial charge in [-0.25, -0.2) is 9.86 Å². The molecule has 1 saturated heterocycles. The van der Waals surface area contributed by atoms with E-state index in [2.05, 4.69) is 5.32 Å². The van der Waals surface area contributed by atoms with Crippen LogP contribution in [-0.2, 0) is 19.1 Å². The number of esters is 1. The second kappa shape index (κ2) is 9.80. The predicted octanol–water partition coefficient (Wildman–Crippen LogP) is 2.90. The molecular weight excluding hydrogens is 446 g/mol. The second-order valence-corrected chi connectivity index (χ2v) is 10.6. The van der Waals surface area contributed by atoms with E-state index in [4.69, 9.17) is 4.74 Å². The largest absolute Gasteiger partial charge is 0.465 e. The van der Waals surface area contributed by atoms with Gasteiger partial charge in [0.2, 0.25) is 18.2 Å². The molecule has 0 radical (unpaired) electrons. The lowest BCUT2D eigenvalue weighted by molar-refractivity contribution is -0.158. The Morgan fingerprint density at radius 3 is 2.73 bits per heavy atom. The van der Waals surface area contributed by atoms with Crippen molar-refractivity contribution in [1.82, 2.24) is 9.96 Å². The van der Waals surface area contributed by atoms with Crippen molar-refractivity contribution < 1.29 is 29.1 Å². The number of carbonyl (C=O) groups excluding carboxylic acids is 4. The van der Waals surface area contributed by atoms with Crippen molar-refractivity contribution in [1.29, 1.82) is 0 Å². The Morgan fingerprint density at radius 2 is 2.09 bits per heavy atom. The lowest BCUT2D eigenvalue weighted by Crippen LogP contribution is -2.48. The minimum Gasteiger partial charge on any atom is -0.465 e. The third-order valence-electron chi connectivity index (χ3n) is 7.32. The van der Waals surface area contributed by atoms with Crippen molar-refractivity contribution in [3.05, 3.63) is 16.3 Å². The van der Waals surface area contributed by atoms with Gasteiger partial charge in [0.25, 0.3) is 0 Å². The fourth-order valence-electron chi connectivity index (χ4n) is 5.34. The Kier molecular flexibility index (Phi) is 7.04. The normalized spacial score (nSPS) is 22.2. The zero-order valence-electron chi connectivity index (χ0n) is 18.8. The van der Waals surface area contributed by atoms with Gasteiger partial charge >= 0.3 is 5.97 Å². The average molecular weight is 478 g/mol. The molecule has 3 aliphatic rings. The average Bonchev–Trinajstić information content (AvgIpc) is 3.19. The lowest BCUT2D eigenvalue weighted by Gasteiger charge is -2.30. The molecule has 2 atom stereocenters. The number of rotatable bonds is 9. The standard InChI is InChI=1S/C23H31N3O6S/c1-32-22(30)19-17(6-9-33-19)24-20(28)18-11-23(7-8-23)13-26(18)21(29)16(12-25(31)14-27)10-15-4-2-3-5-15/h6,9,14-16,18,31H,2-5,7-8,10-13H2,1H3,(H,24,28). The molecule has 1 aliphatic heterocycles. The molecule has 2 saturated carbocycles. The van der Waals surface area contributed by atoms with Gasteiger partial charge in [-0.3, -0.25) is 19.6 Å². The van der Waals surface area contributed by atoms with E-state index in [9.17, 15) is 24.4 Å². The zero-order chi connectivity index (χ0) is 23.6. The summed E-state index contributed by atoms with van der Waals surface area (Å²) in [6.07, 6.45) is 7.77. The summed E-state index contributed by atoms with van der Waals surface area (Å²) in [5, 5.41) is 14.9. The first-order chi connectivity index (χ1) is 15.9. The Morgan fingerprint density at radius 1 is 1.36 bits per heavy atom. The topological polar surface area (TPSA) is 116 Å². The van der Waals surface area contributed by atoms with E-state index in [1.54, 1.807) is 16.3 Å². The molecule has 9 nitrogen and oxygen atoms in total. The number of ether oxygens (including phenoxy) is 1. The van der Waals surface area contributed by atoms with Gasteiger partial charge in [0, 0.05) is 6.54 Å². The van der Waals surface area contributed by atoms with Crippen molar-refractivity contribution in [2.45, 2.75) is 57.4 Å². The first-order valence-corrected chi connectivity index (χ1v) is 12.4. The molecule has 2 unspecified atom stereocenters. The van der Waals surface area contributed by atoms with E-state index in [0.717, 1.165) is 38.5 Å². The summed E-state index contributed by atoms with van der Waals surface area (Å²) in [4.78, 5) is 51.9. The van der Waals surface area contributed by atoms with Crippen LogP contribution in [0.2, 0.25) is 0 Å². The number of methoxy groups -OCH3 is 1. The van der Waals surface area contributed by atoms with Crippen LogP contribution in [0, 0.1) is 17.3 Å². The highest BCUT2D eigenvalue weighted by atomic mass is 32.1. The van der Waals surface area contributed by atoms with Crippen LogP contribution in [0.25, 0.3) is 0 Å². The molecule has 1 aromatic heterocycles. The molecular formula is C23H31N3O6S. The van der Waals surface area contributed by atoms with Gasteiger partial charge in [-0.1, -0.05) is 25.7 Å². The molecule has 0 aromatic carbocycles. The van der Waals surface area contributed by atoms with Gasteiger partial charge in [-0.05, 0) is 48.5 Å². The molecule has 2 heterocycles. The van der Waals surface area contributed by atoms with Crippen LogP contribution in [0.4, 0.5) is 5.69 Å². The number of hydroxylamine groups is 2. The van der Waals surface area contributed by atoms with Crippen molar-refractivity contribution in [2.24, 2.45) is 17.3 Å². The quantitative estimate of drug-likeness (QED) is 0.245. The Balaban J connectivity index is 1.51. The summed E-state index contributed by atoms with van der Waals surface area (Å²) < 4.78 is 4.79. The smallest absolute Gasteiger partial charge is 0.350 e. The number of amides is 3. The Hall–Kier alpha value is -2.46. The number of nitrogens with one attached hydrogen (secondary N) is 1. The van der Waals surface area contributed by atoms with Gasteiger partial charge in [0.05, 0.1) is 25.3 Å². The number of anilines is 1. The lowest BCUT2D eigenvalue weighted by atomic mass is 9.91. The molecule has 1 spiro atoms. The first-order valence-electron chi connectivity index (χ1n) is 11.5. The minimum atomic E-state index is -0.653. The maximum Gasteiger partial charge on any atom is 0.350 e. The monoisotopic (exact) mass is 477 g/mol.